The van der Waals surface area contributed by atoms with Crippen LogP contribution >= 0.6 is 0 Å². The Kier molecular flexibility index (Phi) is 8.12. The lowest BCUT2D eigenvalue weighted by Gasteiger charge is -2.59. The molecule has 4 amide bonds. The maximum absolute atomic E-state index is 16.5. The van der Waals surface area contributed by atoms with Crippen molar-refractivity contribution in [1.29, 1.82) is 0 Å². The Bertz CT molecular complexity index is 1160. The molecule has 7 rings (SSSR count). The summed E-state index contributed by atoms with van der Waals surface area (Å²) in [5.74, 6) is -1.35. The molecule has 2 aliphatic carbocycles. The van der Waals surface area contributed by atoms with E-state index in [9.17, 15) is 14.4 Å². The van der Waals surface area contributed by atoms with Crippen molar-refractivity contribution < 1.29 is 27.9 Å². The summed E-state index contributed by atoms with van der Waals surface area (Å²) in [6, 6.07) is -2.05. The summed E-state index contributed by atoms with van der Waals surface area (Å²) in [7, 11) is 0. The molecule has 0 spiro atoms. The Morgan fingerprint density at radius 2 is 1.86 bits per heavy atom. The van der Waals surface area contributed by atoms with Crippen LogP contribution in [0.5, 0.6) is 0 Å². The minimum Gasteiger partial charge on any atom is -0.366 e. The number of alkyl halides is 2. The Labute approximate surface area is 257 Å². The van der Waals surface area contributed by atoms with Crippen LogP contribution in [0.1, 0.15) is 52.4 Å². The first-order valence-electron chi connectivity index (χ1n) is 16.6. The topological polar surface area (TPSA) is 118 Å². The highest BCUT2D eigenvalue weighted by molar-refractivity contribution is 5.87. The van der Waals surface area contributed by atoms with Gasteiger partial charge in [0.25, 0.3) is 0 Å². The first-order chi connectivity index (χ1) is 21.2. The van der Waals surface area contributed by atoms with Crippen LogP contribution in [0.4, 0.5) is 13.6 Å². The molecule has 0 radical (unpaired) electrons. The standard InChI is InChI=1S/C31H47F2N7O4/c1-4-24(42)38-10-11-39(21-13-20(21)38)29-16-12-18(33)27-25-17(32)6-5-7-19(25)35-23(41)14-44-22-8-9-34-26(15(2)3)28(22)40(30(16)36-27)31(43)37-29/h4,15-22,25-30,34,36H,1,5-14H2,2-3H3,(H,35,41)(H,37,43)/t16?,17?,18?,19?,20-,21+,22?,25?,26?,27?,28?,29?,30?/m0/s1. The molecule has 5 aliphatic heterocycles. The molecule has 11 nitrogen and oxygen atoms in total. The van der Waals surface area contributed by atoms with Gasteiger partial charge in [-0.05, 0) is 57.1 Å². The lowest BCUT2D eigenvalue weighted by atomic mass is 9.72. The molecule has 0 aromatic heterocycles. The fraction of sp³-hybridized carbons (Fsp3) is 0.839. The maximum atomic E-state index is 16.5. The molecule has 0 aromatic carbocycles. The molecule has 5 saturated heterocycles. The van der Waals surface area contributed by atoms with E-state index in [1.165, 1.54) is 6.08 Å². The van der Waals surface area contributed by atoms with Crippen LogP contribution in [-0.4, -0.2) is 126 Å². The maximum Gasteiger partial charge on any atom is 0.320 e. The number of hydrogen-bond donors (Lipinski definition) is 4. The summed E-state index contributed by atoms with van der Waals surface area (Å²) in [6.45, 7) is 9.40. The number of halogens is 2. The molecule has 13 atom stereocenters. The van der Waals surface area contributed by atoms with Gasteiger partial charge < -0.3 is 30.5 Å². The second-order valence-electron chi connectivity index (χ2n) is 14.2. The van der Waals surface area contributed by atoms with Gasteiger partial charge in [0.1, 0.15) is 19.0 Å². The van der Waals surface area contributed by atoms with Crippen molar-refractivity contribution in [3.05, 3.63) is 12.7 Å². The summed E-state index contributed by atoms with van der Waals surface area (Å²) in [5.41, 5.74) is 0. The third-order valence-corrected chi connectivity index (χ3v) is 11.5. The van der Waals surface area contributed by atoms with Gasteiger partial charge in [-0.25, -0.2) is 13.6 Å². The van der Waals surface area contributed by atoms with Gasteiger partial charge in [-0.3, -0.25) is 19.8 Å². The monoisotopic (exact) mass is 619 g/mol. The van der Waals surface area contributed by atoms with Crippen LogP contribution in [0.25, 0.3) is 0 Å². The molecular formula is C31H47F2N7O4. The number of carbonyl (C=O) groups excluding carboxylic acids is 3. The van der Waals surface area contributed by atoms with Gasteiger partial charge in [-0.15, -0.1) is 0 Å². The van der Waals surface area contributed by atoms with E-state index in [4.69, 9.17) is 4.74 Å². The number of fused-ring (bicyclic) bond motifs is 6. The molecule has 0 aromatic rings. The number of nitrogens with one attached hydrogen (secondary N) is 4. The highest BCUT2D eigenvalue weighted by atomic mass is 19.1. The predicted molar refractivity (Wildman–Crippen MR) is 158 cm³/mol. The van der Waals surface area contributed by atoms with Crippen LogP contribution in [0.2, 0.25) is 0 Å². The minimum absolute atomic E-state index is 0.0514. The second-order valence-corrected chi connectivity index (χ2v) is 14.2. The summed E-state index contributed by atoms with van der Waals surface area (Å²) in [4.78, 5) is 45.8. The Hall–Kier alpha value is -2.35. The third kappa shape index (κ3) is 5.11. The molecule has 11 unspecified atom stereocenters. The van der Waals surface area contributed by atoms with Crippen LogP contribution in [0.3, 0.4) is 0 Å². The predicted octanol–water partition coefficient (Wildman–Crippen LogP) is 0.859. The van der Waals surface area contributed by atoms with E-state index in [-0.39, 0.29) is 60.8 Å². The van der Waals surface area contributed by atoms with Gasteiger partial charge in [-0.2, -0.15) is 0 Å². The Balaban J connectivity index is 1.26. The number of piperidine rings is 2. The molecule has 5 heterocycles. The average Bonchev–Trinajstić information content (AvgIpc) is 3.80. The first-order valence-corrected chi connectivity index (χ1v) is 16.6. The molecule has 4 N–H and O–H groups in total. The van der Waals surface area contributed by atoms with Crippen molar-refractivity contribution >= 4 is 17.8 Å². The van der Waals surface area contributed by atoms with Crippen molar-refractivity contribution in [2.45, 2.75) is 119 Å². The minimum atomic E-state index is -1.37. The van der Waals surface area contributed by atoms with Crippen LogP contribution in [-0.2, 0) is 14.3 Å². The number of carbonyl (C=O) groups is 3. The SMILES string of the molecule is C=CC(=O)N1CCN(C2NC(=O)N3C4NC(C(F)CC42)C2C(F)CCCC2NC(=O)COC2CCNC(C(C)C)C23)[C@@H]2C[C@@H]21. The lowest BCUT2D eigenvalue weighted by Crippen LogP contribution is -2.80. The van der Waals surface area contributed by atoms with Gasteiger partial charge in [-0.1, -0.05) is 20.4 Å². The summed E-state index contributed by atoms with van der Waals surface area (Å²) < 4.78 is 38.6. The van der Waals surface area contributed by atoms with Crippen molar-refractivity contribution in [2.75, 3.05) is 26.2 Å². The summed E-state index contributed by atoms with van der Waals surface area (Å²) >= 11 is 0. The second kappa shape index (κ2) is 11.8. The zero-order valence-electron chi connectivity index (χ0n) is 25.7. The van der Waals surface area contributed by atoms with E-state index >= 15 is 8.78 Å². The van der Waals surface area contributed by atoms with Crippen molar-refractivity contribution in [2.24, 2.45) is 17.8 Å². The fourth-order valence-electron chi connectivity index (χ4n) is 9.46. The largest absolute Gasteiger partial charge is 0.366 e. The lowest BCUT2D eigenvalue weighted by molar-refractivity contribution is -0.141. The average molecular weight is 620 g/mol. The molecule has 13 heteroatoms. The number of rotatable bonds is 3. The van der Waals surface area contributed by atoms with Gasteiger partial charge >= 0.3 is 6.03 Å². The number of ether oxygens (including phenoxy) is 1. The molecule has 2 saturated carbocycles. The number of hydrogen-bond acceptors (Lipinski definition) is 7. The molecule has 244 valence electrons. The smallest absolute Gasteiger partial charge is 0.320 e. The van der Waals surface area contributed by atoms with Crippen molar-refractivity contribution in [3.8, 4) is 0 Å². The number of urea groups is 1. The van der Waals surface area contributed by atoms with Crippen LogP contribution in [0.15, 0.2) is 12.7 Å². The molecular weight excluding hydrogens is 572 g/mol. The molecule has 44 heavy (non-hydrogen) atoms. The number of amides is 4. The number of piperazine rings is 1. The highest BCUT2D eigenvalue weighted by Gasteiger charge is 2.60. The van der Waals surface area contributed by atoms with E-state index in [0.717, 1.165) is 6.42 Å². The highest BCUT2D eigenvalue weighted by Crippen LogP contribution is 2.45. The Morgan fingerprint density at radius 3 is 2.64 bits per heavy atom. The van der Waals surface area contributed by atoms with Crippen LogP contribution in [0, 0.1) is 17.8 Å². The number of nitrogens with zero attached hydrogens (tertiary/aromatic N) is 3. The van der Waals surface area contributed by atoms with Gasteiger partial charge in [0, 0.05) is 55.1 Å². The summed E-state index contributed by atoms with van der Waals surface area (Å²) in [6.07, 6.45) is 0.375. The normalized spacial score (nSPS) is 45.9. The van der Waals surface area contributed by atoms with Gasteiger partial charge in [0.2, 0.25) is 11.8 Å². The third-order valence-electron chi connectivity index (χ3n) is 11.5. The zero-order valence-corrected chi connectivity index (χ0v) is 25.7. The Morgan fingerprint density at radius 1 is 1.05 bits per heavy atom. The quantitative estimate of drug-likeness (QED) is 0.346. The molecule has 2 bridgehead atoms. The van der Waals surface area contributed by atoms with E-state index in [1.807, 2.05) is 9.80 Å². The van der Waals surface area contributed by atoms with E-state index in [0.29, 0.717) is 45.3 Å². The van der Waals surface area contributed by atoms with Gasteiger partial charge in [0.15, 0.2) is 0 Å². The van der Waals surface area contributed by atoms with E-state index < -0.39 is 54.8 Å². The van der Waals surface area contributed by atoms with Gasteiger partial charge in [0.05, 0.1) is 24.5 Å². The molecule has 7 aliphatic rings. The van der Waals surface area contributed by atoms with Crippen molar-refractivity contribution in [3.63, 3.8) is 0 Å². The first kappa shape index (κ1) is 30.3. The molecule has 7 fully saturated rings. The van der Waals surface area contributed by atoms with E-state index in [1.54, 1.807) is 0 Å². The zero-order chi connectivity index (χ0) is 30.9. The van der Waals surface area contributed by atoms with Crippen molar-refractivity contribution in [1.82, 2.24) is 36.0 Å². The fourth-order valence-corrected chi connectivity index (χ4v) is 9.46. The summed E-state index contributed by atoms with van der Waals surface area (Å²) in [5, 5.41) is 13.4. The van der Waals surface area contributed by atoms with E-state index in [2.05, 4.69) is 46.6 Å². The van der Waals surface area contributed by atoms with Crippen LogP contribution < -0.4 is 21.3 Å².